The van der Waals surface area contributed by atoms with Crippen molar-refractivity contribution in [2.24, 2.45) is 5.73 Å². The summed E-state index contributed by atoms with van der Waals surface area (Å²) in [5, 5.41) is 0. The molecule has 2 unspecified atom stereocenters. The quantitative estimate of drug-likeness (QED) is 0.872. The van der Waals surface area contributed by atoms with Crippen molar-refractivity contribution in [3.8, 4) is 11.5 Å². The Kier molecular flexibility index (Phi) is 3.89. The molecule has 0 fully saturated rings. The fraction of sp³-hybridized carbons (Fsp3) is 0.571. The average molecular weight is 235 g/mol. The fourth-order valence-corrected chi connectivity index (χ4v) is 2.18. The van der Waals surface area contributed by atoms with Crippen LogP contribution in [-0.2, 0) is 6.42 Å². The van der Waals surface area contributed by atoms with Gasteiger partial charge in [-0.15, -0.1) is 0 Å². The van der Waals surface area contributed by atoms with Crippen LogP contribution in [0.1, 0.15) is 32.3 Å². The highest BCUT2D eigenvalue weighted by molar-refractivity contribution is 5.44. The second-order valence-electron chi connectivity index (χ2n) is 4.59. The van der Waals surface area contributed by atoms with Crippen molar-refractivity contribution >= 4 is 0 Å². The fourth-order valence-electron chi connectivity index (χ4n) is 2.18. The minimum atomic E-state index is 0.121. The zero-order valence-corrected chi connectivity index (χ0v) is 10.6. The van der Waals surface area contributed by atoms with E-state index in [2.05, 4.69) is 19.9 Å². The van der Waals surface area contributed by atoms with Crippen LogP contribution in [0.5, 0.6) is 11.5 Å². The number of hydrogen-bond donors (Lipinski definition) is 1. The van der Waals surface area contributed by atoms with E-state index in [0.717, 1.165) is 30.8 Å². The number of benzene rings is 1. The highest BCUT2D eigenvalue weighted by Gasteiger charge is 2.27. The number of rotatable bonds is 4. The van der Waals surface area contributed by atoms with Crippen LogP contribution in [0.2, 0.25) is 0 Å². The van der Waals surface area contributed by atoms with Crippen molar-refractivity contribution in [1.29, 1.82) is 0 Å². The topological polar surface area (TPSA) is 44.5 Å². The summed E-state index contributed by atoms with van der Waals surface area (Å²) < 4.78 is 11.9. The van der Waals surface area contributed by atoms with E-state index in [0.29, 0.717) is 6.54 Å². The maximum atomic E-state index is 5.96. The van der Waals surface area contributed by atoms with Gasteiger partial charge < -0.3 is 15.2 Å². The molecule has 1 aliphatic heterocycles. The third-order valence-corrected chi connectivity index (χ3v) is 3.13. The molecule has 94 valence electrons. The third kappa shape index (κ3) is 2.72. The molecule has 0 aliphatic carbocycles. The lowest BCUT2D eigenvalue weighted by Gasteiger charge is -2.32. The van der Waals surface area contributed by atoms with Crippen molar-refractivity contribution in [3.63, 3.8) is 0 Å². The van der Waals surface area contributed by atoms with E-state index < -0.39 is 0 Å². The first kappa shape index (κ1) is 12.2. The molecule has 2 rings (SSSR count). The van der Waals surface area contributed by atoms with Gasteiger partial charge in [-0.3, -0.25) is 0 Å². The maximum Gasteiger partial charge on any atom is 0.162 e. The van der Waals surface area contributed by atoms with Crippen molar-refractivity contribution < 1.29 is 9.47 Å². The van der Waals surface area contributed by atoms with Gasteiger partial charge in [-0.05, 0) is 44.0 Å². The van der Waals surface area contributed by atoms with Crippen LogP contribution >= 0.6 is 0 Å². The second kappa shape index (κ2) is 5.41. The summed E-state index contributed by atoms with van der Waals surface area (Å²) in [4.78, 5) is 0. The zero-order chi connectivity index (χ0) is 12.3. The largest absolute Gasteiger partial charge is 0.483 e. The normalized spacial score (nSPS) is 22.5. The van der Waals surface area contributed by atoms with Crippen LogP contribution < -0.4 is 15.2 Å². The lowest BCUT2D eigenvalue weighted by molar-refractivity contribution is 0.0263. The first-order chi connectivity index (χ1) is 8.24. The lowest BCUT2D eigenvalue weighted by atomic mass is 10.1. The SMILES string of the molecule is CCCC1Oc2ccc(CCN)cc2OC1C. The van der Waals surface area contributed by atoms with Crippen LogP contribution in [0.4, 0.5) is 0 Å². The van der Waals surface area contributed by atoms with Gasteiger partial charge in [0.2, 0.25) is 0 Å². The number of ether oxygens (including phenoxy) is 2. The standard InChI is InChI=1S/C14H21NO2/c1-3-4-12-10(2)16-14-9-11(7-8-15)5-6-13(14)17-12/h5-6,9-10,12H,3-4,7-8,15H2,1-2H3. The molecular formula is C14H21NO2. The van der Waals surface area contributed by atoms with Gasteiger partial charge in [-0.1, -0.05) is 19.4 Å². The van der Waals surface area contributed by atoms with Crippen molar-refractivity contribution in [3.05, 3.63) is 23.8 Å². The van der Waals surface area contributed by atoms with Crippen LogP contribution in [-0.4, -0.2) is 18.8 Å². The molecule has 2 N–H and O–H groups in total. The first-order valence-corrected chi connectivity index (χ1v) is 6.41. The summed E-state index contributed by atoms with van der Waals surface area (Å²) in [5.41, 5.74) is 6.76. The van der Waals surface area contributed by atoms with Crippen molar-refractivity contribution in [2.75, 3.05) is 6.54 Å². The van der Waals surface area contributed by atoms with Crippen LogP contribution in [0.25, 0.3) is 0 Å². The third-order valence-electron chi connectivity index (χ3n) is 3.13. The van der Waals surface area contributed by atoms with E-state index in [-0.39, 0.29) is 12.2 Å². The van der Waals surface area contributed by atoms with E-state index in [9.17, 15) is 0 Å². The Morgan fingerprint density at radius 1 is 1.24 bits per heavy atom. The smallest absolute Gasteiger partial charge is 0.162 e. The van der Waals surface area contributed by atoms with Gasteiger partial charge in [0.25, 0.3) is 0 Å². The van der Waals surface area contributed by atoms with Gasteiger partial charge in [0.05, 0.1) is 0 Å². The molecule has 0 amide bonds. The van der Waals surface area contributed by atoms with Crippen molar-refractivity contribution in [1.82, 2.24) is 0 Å². The molecule has 17 heavy (non-hydrogen) atoms. The Balaban J connectivity index is 2.16. The maximum absolute atomic E-state index is 5.96. The molecule has 2 atom stereocenters. The Bertz CT molecular complexity index is 378. The zero-order valence-electron chi connectivity index (χ0n) is 10.6. The van der Waals surface area contributed by atoms with E-state index in [1.165, 1.54) is 5.56 Å². The van der Waals surface area contributed by atoms with Crippen LogP contribution in [0.15, 0.2) is 18.2 Å². The highest BCUT2D eigenvalue weighted by atomic mass is 16.6. The second-order valence-corrected chi connectivity index (χ2v) is 4.59. The summed E-state index contributed by atoms with van der Waals surface area (Å²) >= 11 is 0. The molecule has 0 saturated heterocycles. The van der Waals surface area contributed by atoms with E-state index in [4.69, 9.17) is 15.2 Å². The van der Waals surface area contributed by atoms with Gasteiger partial charge in [-0.2, -0.15) is 0 Å². The van der Waals surface area contributed by atoms with Gasteiger partial charge in [0.1, 0.15) is 12.2 Å². The van der Waals surface area contributed by atoms with Gasteiger partial charge in [0, 0.05) is 0 Å². The summed E-state index contributed by atoms with van der Waals surface area (Å²) in [6.07, 6.45) is 3.32. The molecule has 3 nitrogen and oxygen atoms in total. The molecule has 3 heteroatoms. The predicted octanol–water partition coefficient (Wildman–Crippen LogP) is 2.52. The Hall–Kier alpha value is -1.22. The summed E-state index contributed by atoms with van der Waals surface area (Å²) in [7, 11) is 0. The monoisotopic (exact) mass is 235 g/mol. The van der Waals surface area contributed by atoms with E-state index >= 15 is 0 Å². The molecule has 1 heterocycles. The van der Waals surface area contributed by atoms with E-state index in [1.807, 2.05) is 12.1 Å². The van der Waals surface area contributed by atoms with Gasteiger partial charge in [0.15, 0.2) is 11.5 Å². The van der Waals surface area contributed by atoms with Crippen LogP contribution in [0, 0.1) is 0 Å². The average Bonchev–Trinajstić information content (AvgIpc) is 2.31. The van der Waals surface area contributed by atoms with Crippen LogP contribution in [0.3, 0.4) is 0 Å². The number of hydrogen-bond acceptors (Lipinski definition) is 3. The molecule has 1 aromatic rings. The van der Waals surface area contributed by atoms with Gasteiger partial charge >= 0.3 is 0 Å². The Morgan fingerprint density at radius 2 is 2.06 bits per heavy atom. The number of nitrogens with two attached hydrogens (primary N) is 1. The molecule has 0 saturated carbocycles. The minimum absolute atomic E-state index is 0.121. The molecule has 1 aromatic carbocycles. The summed E-state index contributed by atoms with van der Waals surface area (Å²) in [6, 6.07) is 6.10. The first-order valence-electron chi connectivity index (χ1n) is 6.41. The highest BCUT2D eigenvalue weighted by Crippen LogP contribution is 2.35. The minimum Gasteiger partial charge on any atom is -0.483 e. The molecule has 1 aliphatic rings. The number of fused-ring (bicyclic) bond motifs is 1. The van der Waals surface area contributed by atoms with E-state index in [1.54, 1.807) is 0 Å². The summed E-state index contributed by atoms with van der Waals surface area (Å²) in [5.74, 6) is 1.72. The lowest BCUT2D eigenvalue weighted by Crippen LogP contribution is -2.37. The predicted molar refractivity (Wildman–Crippen MR) is 68.6 cm³/mol. The summed E-state index contributed by atoms with van der Waals surface area (Å²) in [6.45, 7) is 4.89. The Labute approximate surface area is 103 Å². The molecule has 0 spiro atoms. The molecule has 0 bridgehead atoms. The molecule has 0 aromatic heterocycles. The van der Waals surface area contributed by atoms with Gasteiger partial charge in [-0.25, -0.2) is 0 Å². The molecular weight excluding hydrogens is 214 g/mol. The molecule has 0 radical (unpaired) electrons. The van der Waals surface area contributed by atoms with Crippen molar-refractivity contribution in [2.45, 2.75) is 45.3 Å². The Morgan fingerprint density at radius 3 is 2.76 bits per heavy atom.